The summed E-state index contributed by atoms with van der Waals surface area (Å²) in [5.41, 5.74) is 1.84. The minimum atomic E-state index is -3.96. The molecule has 7 nitrogen and oxygen atoms in total. The number of fused-ring (bicyclic) bond motifs is 1. The molecule has 0 aliphatic carbocycles. The third kappa shape index (κ3) is 3.43. The van der Waals surface area contributed by atoms with Gasteiger partial charge in [0.15, 0.2) is 0 Å². The monoisotopic (exact) mass is 417 g/mol. The van der Waals surface area contributed by atoms with Crippen LogP contribution in [0.5, 0.6) is 0 Å². The van der Waals surface area contributed by atoms with Crippen molar-refractivity contribution in [1.29, 1.82) is 0 Å². The van der Waals surface area contributed by atoms with Crippen LogP contribution in [0, 0.1) is 0 Å². The standard InChI is InChI=1S/C19H19N3O4S2/c1-26-19(23)18-16(9-11-27-18)28(24,25)21-14-7-3-2-6-13(14)15-12-22-10-5-4-8-17(22)20-15/h2-3,6-7,9,11-12,21H,4-5,8,10H2,1H3. The van der Waals surface area contributed by atoms with Gasteiger partial charge in [0.1, 0.15) is 15.6 Å². The third-order valence-corrected chi connectivity index (χ3v) is 7.08. The average Bonchev–Trinajstić information content (AvgIpc) is 3.35. The van der Waals surface area contributed by atoms with E-state index in [1.165, 1.54) is 13.2 Å². The number of carbonyl (C=O) groups is 1. The van der Waals surface area contributed by atoms with Crippen molar-refractivity contribution in [2.75, 3.05) is 11.8 Å². The van der Waals surface area contributed by atoms with Crippen LogP contribution < -0.4 is 4.72 Å². The molecule has 0 saturated carbocycles. The van der Waals surface area contributed by atoms with Gasteiger partial charge in [-0.1, -0.05) is 18.2 Å². The first-order valence-corrected chi connectivity index (χ1v) is 11.2. The predicted molar refractivity (Wildman–Crippen MR) is 107 cm³/mol. The number of nitrogens with zero attached hydrogens (tertiary/aromatic N) is 2. The fraction of sp³-hybridized carbons (Fsp3) is 0.263. The smallest absolute Gasteiger partial charge is 0.349 e. The van der Waals surface area contributed by atoms with Gasteiger partial charge in [0.05, 0.1) is 18.5 Å². The largest absolute Gasteiger partial charge is 0.465 e. The minimum Gasteiger partial charge on any atom is -0.465 e. The lowest BCUT2D eigenvalue weighted by molar-refractivity contribution is 0.0602. The number of imidazole rings is 1. The predicted octanol–water partition coefficient (Wildman–Crippen LogP) is 3.54. The molecule has 0 unspecified atom stereocenters. The van der Waals surface area contributed by atoms with E-state index in [1.807, 2.05) is 18.3 Å². The number of benzene rings is 1. The summed E-state index contributed by atoms with van der Waals surface area (Å²) in [6, 6.07) is 8.52. The van der Waals surface area contributed by atoms with E-state index in [2.05, 4.69) is 19.0 Å². The van der Waals surface area contributed by atoms with Gasteiger partial charge in [-0.15, -0.1) is 11.3 Å². The van der Waals surface area contributed by atoms with Crippen LogP contribution in [0.25, 0.3) is 11.3 Å². The van der Waals surface area contributed by atoms with Crippen molar-refractivity contribution in [3.05, 3.63) is 52.6 Å². The Balaban J connectivity index is 1.71. The van der Waals surface area contributed by atoms with E-state index in [-0.39, 0.29) is 9.77 Å². The fourth-order valence-electron chi connectivity index (χ4n) is 3.29. The van der Waals surface area contributed by atoms with Crippen LogP contribution in [-0.4, -0.2) is 31.0 Å². The SMILES string of the molecule is COC(=O)c1sccc1S(=O)(=O)Nc1ccccc1-c1cn2c(n1)CCCC2. The zero-order valence-electron chi connectivity index (χ0n) is 15.2. The highest BCUT2D eigenvalue weighted by Crippen LogP contribution is 2.32. The quantitative estimate of drug-likeness (QED) is 0.642. The summed E-state index contributed by atoms with van der Waals surface area (Å²) < 4.78 is 35.3. The number of esters is 1. The molecule has 0 fully saturated rings. The summed E-state index contributed by atoms with van der Waals surface area (Å²) >= 11 is 1.03. The highest BCUT2D eigenvalue weighted by atomic mass is 32.2. The molecule has 0 bridgehead atoms. The minimum absolute atomic E-state index is 0.0462. The summed E-state index contributed by atoms with van der Waals surface area (Å²) in [5.74, 6) is 0.343. The number of nitrogens with one attached hydrogen (secondary N) is 1. The lowest BCUT2D eigenvalue weighted by atomic mass is 10.1. The van der Waals surface area contributed by atoms with Gasteiger partial charge in [-0.05, 0) is 30.4 Å². The second-order valence-electron chi connectivity index (χ2n) is 6.45. The summed E-state index contributed by atoms with van der Waals surface area (Å²) in [6.45, 7) is 0.924. The molecule has 146 valence electrons. The molecule has 0 atom stereocenters. The lowest BCUT2D eigenvalue weighted by Crippen LogP contribution is -2.16. The molecule has 9 heteroatoms. The fourth-order valence-corrected chi connectivity index (χ4v) is 5.70. The Labute approximate surface area is 167 Å². The number of hydrogen-bond acceptors (Lipinski definition) is 6. The molecule has 1 aliphatic rings. The van der Waals surface area contributed by atoms with Crippen molar-refractivity contribution in [2.24, 2.45) is 0 Å². The summed E-state index contributed by atoms with van der Waals surface area (Å²) in [6.07, 6.45) is 5.11. The second-order valence-corrected chi connectivity index (χ2v) is 9.02. The molecule has 0 spiro atoms. The van der Waals surface area contributed by atoms with E-state index in [0.29, 0.717) is 11.3 Å². The zero-order valence-corrected chi connectivity index (χ0v) is 16.8. The van der Waals surface area contributed by atoms with Gasteiger partial charge in [-0.2, -0.15) is 0 Å². The number of aromatic nitrogens is 2. The second kappa shape index (κ2) is 7.40. The molecule has 4 rings (SSSR count). The zero-order chi connectivity index (χ0) is 19.7. The third-order valence-electron chi connectivity index (χ3n) is 4.65. The number of rotatable bonds is 5. The molecule has 28 heavy (non-hydrogen) atoms. The first kappa shape index (κ1) is 18.7. The number of aryl methyl sites for hydroxylation is 2. The van der Waals surface area contributed by atoms with E-state index in [1.54, 1.807) is 17.5 Å². The number of hydrogen-bond donors (Lipinski definition) is 1. The van der Waals surface area contributed by atoms with E-state index in [9.17, 15) is 13.2 Å². The van der Waals surface area contributed by atoms with Crippen molar-refractivity contribution in [3.8, 4) is 11.3 Å². The molecule has 0 amide bonds. The van der Waals surface area contributed by atoms with Crippen molar-refractivity contribution in [2.45, 2.75) is 30.7 Å². The van der Waals surface area contributed by atoms with Gasteiger partial charge in [-0.25, -0.2) is 18.2 Å². The number of sulfonamides is 1. The Hall–Kier alpha value is -2.65. The lowest BCUT2D eigenvalue weighted by Gasteiger charge is -2.12. The van der Waals surface area contributed by atoms with E-state index in [0.717, 1.165) is 48.7 Å². The Kier molecular flexibility index (Phi) is 4.94. The van der Waals surface area contributed by atoms with Crippen LogP contribution in [0.3, 0.4) is 0 Å². The molecular weight excluding hydrogens is 398 g/mol. The maximum atomic E-state index is 12.9. The van der Waals surface area contributed by atoms with Gasteiger partial charge in [0.2, 0.25) is 0 Å². The van der Waals surface area contributed by atoms with Crippen LogP contribution >= 0.6 is 11.3 Å². The number of carbonyl (C=O) groups excluding carboxylic acids is 1. The van der Waals surface area contributed by atoms with Crippen LogP contribution in [0.4, 0.5) is 5.69 Å². The average molecular weight is 418 g/mol. The Morgan fingerprint density at radius 1 is 1.25 bits per heavy atom. The van der Waals surface area contributed by atoms with Crippen LogP contribution in [0.15, 0.2) is 46.8 Å². The molecule has 0 saturated heterocycles. The number of methoxy groups -OCH3 is 1. The van der Waals surface area contributed by atoms with Crippen molar-refractivity contribution in [1.82, 2.24) is 9.55 Å². The number of thiophene rings is 1. The van der Waals surface area contributed by atoms with E-state index >= 15 is 0 Å². The molecule has 0 radical (unpaired) electrons. The summed E-state index contributed by atoms with van der Waals surface area (Å²) in [4.78, 5) is 16.5. The summed E-state index contributed by atoms with van der Waals surface area (Å²) in [5, 5.41) is 1.55. The molecule has 1 N–H and O–H groups in total. The van der Waals surface area contributed by atoms with Crippen molar-refractivity contribution >= 4 is 33.0 Å². The van der Waals surface area contributed by atoms with Gasteiger partial charge in [0, 0.05) is 24.7 Å². The van der Waals surface area contributed by atoms with Gasteiger partial charge >= 0.3 is 5.97 Å². The topological polar surface area (TPSA) is 90.3 Å². The number of ether oxygens (including phenoxy) is 1. The van der Waals surface area contributed by atoms with E-state index in [4.69, 9.17) is 0 Å². The van der Waals surface area contributed by atoms with Crippen molar-refractivity contribution < 1.29 is 17.9 Å². The molecule has 1 aromatic carbocycles. The van der Waals surface area contributed by atoms with Gasteiger partial charge in [-0.3, -0.25) is 4.72 Å². The Morgan fingerprint density at radius 3 is 2.86 bits per heavy atom. The van der Waals surface area contributed by atoms with Gasteiger partial charge < -0.3 is 9.30 Å². The molecule has 2 aromatic heterocycles. The van der Waals surface area contributed by atoms with E-state index < -0.39 is 16.0 Å². The Morgan fingerprint density at radius 2 is 2.07 bits per heavy atom. The van der Waals surface area contributed by atoms with Gasteiger partial charge in [0.25, 0.3) is 10.0 Å². The number of anilines is 1. The molecule has 1 aliphatic heterocycles. The Bertz CT molecular complexity index is 1110. The van der Waals surface area contributed by atoms with Crippen LogP contribution in [-0.2, 0) is 27.7 Å². The highest BCUT2D eigenvalue weighted by Gasteiger charge is 2.26. The first-order valence-electron chi connectivity index (χ1n) is 8.83. The molecule has 3 aromatic rings. The maximum Gasteiger partial charge on any atom is 0.349 e. The maximum absolute atomic E-state index is 12.9. The van der Waals surface area contributed by atoms with Crippen LogP contribution in [0.1, 0.15) is 28.3 Å². The first-order chi connectivity index (χ1) is 13.5. The van der Waals surface area contributed by atoms with Crippen molar-refractivity contribution in [3.63, 3.8) is 0 Å². The molecular formula is C19H19N3O4S2. The van der Waals surface area contributed by atoms with Crippen LogP contribution in [0.2, 0.25) is 0 Å². The summed E-state index contributed by atoms with van der Waals surface area (Å²) in [7, 11) is -2.74. The normalized spacial score (nSPS) is 13.8. The number of para-hydroxylation sites is 1. The highest BCUT2D eigenvalue weighted by molar-refractivity contribution is 7.93. The molecule has 3 heterocycles.